The summed E-state index contributed by atoms with van der Waals surface area (Å²) < 4.78 is 0. The Bertz CT molecular complexity index is 1100. The van der Waals surface area contributed by atoms with Gasteiger partial charge in [-0.05, 0) is 43.3 Å². The van der Waals surface area contributed by atoms with Gasteiger partial charge in [-0.15, -0.1) is 0 Å². The second-order valence-corrected chi connectivity index (χ2v) is 5.71. The van der Waals surface area contributed by atoms with Crippen LogP contribution in [0.1, 0.15) is 12.5 Å². The van der Waals surface area contributed by atoms with E-state index in [2.05, 4.69) is 5.32 Å². The number of rotatable bonds is 6. The van der Waals surface area contributed by atoms with Gasteiger partial charge < -0.3 is 10.2 Å². The average Bonchev–Trinajstić information content (AvgIpc) is 2.70. The molecule has 0 aliphatic carbocycles. The molecule has 0 bridgehead atoms. The number of anilines is 4. The third-order valence-electron chi connectivity index (χ3n) is 4.13. The van der Waals surface area contributed by atoms with Crippen LogP contribution >= 0.6 is 0 Å². The summed E-state index contributed by atoms with van der Waals surface area (Å²) in [6.45, 7) is 2.20. The molecule has 0 fully saturated rings. The number of nitrogens with zero attached hydrogens (tertiary/aromatic N) is 3. The lowest BCUT2D eigenvalue weighted by atomic mass is 10.1. The molecule has 0 aliphatic rings. The SMILES string of the molecule is CCN(c1ccc([N+](=O)[O-])cc1)c1c(Nc2ccc(C#N)cc2)c(=O)c1=O. The predicted octanol–water partition coefficient (Wildman–Crippen LogP) is 2.96. The minimum Gasteiger partial charge on any atom is -0.350 e. The van der Waals surface area contributed by atoms with Gasteiger partial charge in [-0.1, -0.05) is 0 Å². The van der Waals surface area contributed by atoms with E-state index in [1.807, 2.05) is 13.0 Å². The standard InChI is InChI=1S/C19H14N4O4/c1-2-22(14-7-9-15(10-8-14)23(26)27)17-16(18(24)19(17)25)21-13-5-3-12(11-20)4-6-13/h3-10,21H,2H2,1H3. The molecule has 1 N–H and O–H groups in total. The van der Waals surface area contributed by atoms with E-state index >= 15 is 0 Å². The molecule has 3 rings (SSSR count). The summed E-state index contributed by atoms with van der Waals surface area (Å²) in [5.74, 6) is 0. The summed E-state index contributed by atoms with van der Waals surface area (Å²) in [6.07, 6.45) is 0. The molecule has 0 saturated carbocycles. The lowest BCUT2D eigenvalue weighted by molar-refractivity contribution is -0.384. The van der Waals surface area contributed by atoms with Crippen molar-refractivity contribution < 1.29 is 4.92 Å². The van der Waals surface area contributed by atoms with Crippen LogP contribution < -0.4 is 21.1 Å². The normalized spacial score (nSPS) is 10.4. The Kier molecular flexibility index (Phi) is 4.68. The average molecular weight is 362 g/mol. The zero-order valence-electron chi connectivity index (χ0n) is 14.3. The molecule has 0 spiro atoms. The van der Waals surface area contributed by atoms with Crippen LogP contribution in [0.15, 0.2) is 58.1 Å². The molecule has 134 valence electrons. The van der Waals surface area contributed by atoms with E-state index in [1.165, 1.54) is 24.3 Å². The highest BCUT2D eigenvalue weighted by Gasteiger charge is 2.26. The second-order valence-electron chi connectivity index (χ2n) is 5.71. The predicted molar refractivity (Wildman–Crippen MR) is 102 cm³/mol. The van der Waals surface area contributed by atoms with Crippen LogP contribution in [-0.2, 0) is 0 Å². The second kappa shape index (κ2) is 7.09. The minimum absolute atomic E-state index is 0.0595. The summed E-state index contributed by atoms with van der Waals surface area (Å²) in [5.41, 5.74) is 0.675. The van der Waals surface area contributed by atoms with Crippen molar-refractivity contribution in [1.29, 1.82) is 5.26 Å². The van der Waals surface area contributed by atoms with Gasteiger partial charge in [0.1, 0.15) is 11.4 Å². The van der Waals surface area contributed by atoms with Gasteiger partial charge in [-0.25, -0.2) is 0 Å². The van der Waals surface area contributed by atoms with Crippen molar-refractivity contribution in [1.82, 2.24) is 0 Å². The molecule has 0 heterocycles. The fourth-order valence-electron chi connectivity index (χ4n) is 2.75. The first-order chi connectivity index (χ1) is 13.0. The first kappa shape index (κ1) is 17.8. The maximum absolute atomic E-state index is 12.2. The number of non-ortho nitro benzene ring substituents is 1. The molecule has 8 heteroatoms. The fraction of sp³-hybridized carbons (Fsp3) is 0.105. The zero-order valence-corrected chi connectivity index (χ0v) is 14.3. The quantitative estimate of drug-likeness (QED) is 0.407. The molecule has 8 nitrogen and oxygen atoms in total. The Hall–Kier alpha value is -3.99. The lowest BCUT2D eigenvalue weighted by Crippen LogP contribution is -2.40. The van der Waals surface area contributed by atoms with E-state index in [4.69, 9.17) is 5.26 Å². The minimum atomic E-state index is -0.630. The van der Waals surface area contributed by atoms with Gasteiger partial charge in [-0.2, -0.15) is 5.26 Å². The van der Waals surface area contributed by atoms with Gasteiger partial charge in [-0.3, -0.25) is 19.7 Å². The summed E-state index contributed by atoms with van der Waals surface area (Å²) in [6, 6.07) is 14.2. The lowest BCUT2D eigenvalue weighted by Gasteiger charge is -2.26. The van der Waals surface area contributed by atoms with Gasteiger partial charge in [0.15, 0.2) is 0 Å². The van der Waals surface area contributed by atoms with Crippen LogP contribution in [0.25, 0.3) is 0 Å². The molecule has 0 amide bonds. The third-order valence-corrected chi connectivity index (χ3v) is 4.13. The molecule has 0 saturated heterocycles. The third kappa shape index (κ3) is 3.26. The monoisotopic (exact) mass is 362 g/mol. The molecule has 0 atom stereocenters. The molecular weight excluding hydrogens is 348 g/mol. The van der Waals surface area contributed by atoms with Crippen LogP contribution in [0.3, 0.4) is 0 Å². The number of nitriles is 1. The number of nitro groups is 1. The Morgan fingerprint density at radius 2 is 1.70 bits per heavy atom. The van der Waals surface area contributed by atoms with Crippen molar-refractivity contribution in [3.05, 3.63) is 84.7 Å². The summed E-state index contributed by atoms with van der Waals surface area (Å²) in [5, 5.41) is 22.6. The van der Waals surface area contributed by atoms with Crippen LogP contribution in [-0.4, -0.2) is 11.5 Å². The zero-order chi connectivity index (χ0) is 19.6. The maximum atomic E-state index is 12.2. The highest BCUT2D eigenvalue weighted by molar-refractivity contribution is 5.83. The van der Waals surface area contributed by atoms with Crippen molar-refractivity contribution in [3.63, 3.8) is 0 Å². The van der Waals surface area contributed by atoms with Crippen molar-refractivity contribution in [3.8, 4) is 6.07 Å². The van der Waals surface area contributed by atoms with E-state index in [1.54, 1.807) is 29.2 Å². The number of hydrogen-bond donors (Lipinski definition) is 1. The van der Waals surface area contributed by atoms with Crippen molar-refractivity contribution in [2.45, 2.75) is 6.92 Å². The van der Waals surface area contributed by atoms with Crippen molar-refractivity contribution >= 4 is 28.4 Å². The van der Waals surface area contributed by atoms with Gasteiger partial charge in [0, 0.05) is 30.1 Å². The van der Waals surface area contributed by atoms with Crippen molar-refractivity contribution in [2.75, 3.05) is 16.8 Å². The van der Waals surface area contributed by atoms with E-state index in [9.17, 15) is 19.7 Å². The first-order valence-electron chi connectivity index (χ1n) is 8.08. The number of nitrogens with one attached hydrogen (secondary N) is 1. The number of benzene rings is 2. The first-order valence-corrected chi connectivity index (χ1v) is 8.08. The molecule has 0 radical (unpaired) electrons. The van der Waals surface area contributed by atoms with Crippen molar-refractivity contribution in [2.24, 2.45) is 0 Å². The summed E-state index contributed by atoms with van der Waals surface area (Å²) in [7, 11) is 0. The molecule has 0 aliphatic heterocycles. The van der Waals surface area contributed by atoms with E-state index in [0.29, 0.717) is 23.5 Å². The Morgan fingerprint density at radius 1 is 1.07 bits per heavy atom. The summed E-state index contributed by atoms with van der Waals surface area (Å²) >= 11 is 0. The topological polar surface area (TPSA) is 116 Å². The van der Waals surface area contributed by atoms with E-state index < -0.39 is 15.8 Å². The number of nitro benzene ring substituents is 1. The smallest absolute Gasteiger partial charge is 0.269 e. The van der Waals surface area contributed by atoms with Gasteiger partial charge in [0.05, 0.1) is 16.6 Å². The van der Waals surface area contributed by atoms with Crippen LogP contribution in [0.5, 0.6) is 0 Å². The molecule has 0 unspecified atom stereocenters. The molecule has 27 heavy (non-hydrogen) atoms. The Morgan fingerprint density at radius 3 is 2.22 bits per heavy atom. The highest BCUT2D eigenvalue weighted by Crippen LogP contribution is 2.31. The molecule has 0 aromatic heterocycles. The Balaban J connectivity index is 1.94. The Labute approximate surface area is 153 Å². The van der Waals surface area contributed by atoms with Crippen LogP contribution in [0.4, 0.5) is 28.4 Å². The fourth-order valence-corrected chi connectivity index (χ4v) is 2.75. The number of hydrogen-bond acceptors (Lipinski definition) is 7. The van der Waals surface area contributed by atoms with Gasteiger partial charge >= 0.3 is 0 Å². The van der Waals surface area contributed by atoms with Gasteiger partial charge in [0.2, 0.25) is 0 Å². The van der Waals surface area contributed by atoms with Crippen LogP contribution in [0.2, 0.25) is 0 Å². The van der Waals surface area contributed by atoms with E-state index in [0.717, 1.165) is 0 Å². The summed E-state index contributed by atoms with van der Waals surface area (Å²) in [4.78, 5) is 36.1. The maximum Gasteiger partial charge on any atom is 0.269 e. The molecular formula is C19H14N4O4. The van der Waals surface area contributed by atoms with E-state index in [-0.39, 0.29) is 17.1 Å². The van der Waals surface area contributed by atoms with Gasteiger partial charge in [0.25, 0.3) is 16.5 Å². The highest BCUT2D eigenvalue weighted by atomic mass is 16.6. The molecule has 3 aromatic carbocycles. The largest absolute Gasteiger partial charge is 0.350 e. The molecule has 3 aromatic rings. The van der Waals surface area contributed by atoms with Crippen LogP contribution in [0, 0.1) is 21.4 Å².